The molecule has 2 aromatic heterocycles. The second-order valence-corrected chi connectivity index (χ2v) is 7.68. The largest absolute Gasteiger partial charge is 0.447 e. The summed E-state index contributed by atoms with van der Waals surface area (Å²) in [5.41, 5.74) is 6.39. The lowest BCUT2D eigenvalue weighted by Crippen LogP contribution is -2.34. The van der Waals surface area contributed by atoms with Crippen LogP contribution in [0.1, 0.15) is 22.4 Å². The summed E-state index contributed by atoms with van der Waals surface area (Å²) in [4.78, 5) is 29.9. The first-order valence-corrected chi connectivity index (χ1v) is 10.2. The molecule has 4 heterocycles. The molecule has 152 valence electrons. The van der Waals surface area contributed by atoms with Crippen molar-refractivity contribution < 1.29 is 9.53 Å². The van der Waals surface area contributed by atoms with E-state index in [4.69, 9.17) is 9.72 Å². The highest BCUT2D eigenvalue weighted by Crippen LogP contribution is 2.33. The molecule has 1 fully saturated rings. The number of benzene rings is 1. The first-order chi connectivity index (χ1) is 14.6. The fourth-order valence-corrected chi connectivity index (χ4v) is 4.18. The molecule has 0 aliphatic carbocycles. The zero-order chi connectivity index (χ0) is 20.7. The standard InChI is InChI=1S/C23H23N5O2/c1-15-16(2)25-21(17-6-4-9-24-13-17)26-22(15)27-10-8-19-18(14-27)5-3-7-20(19)28-11-12-30-23(28)29/h3-7,9,13H,8,10-12,14H2,1-2H3. The molecule has 3 aromatic rings. The van der Waals surface area contributed by atoms with Crippen molar-refractivity contribution in [2.24, 2.45) is 0 Å². The number of aromatic nitrogens is 3. The summed E-state index contributed by atoms with van der Waals surface area (Å²) < 4.78 is 5.14. The van der Waals surface area contributed by atoms with Gasteiger partial charge >= 0.3 is 6.09 Å². The minimum Gasteiger partial charge on any atom is -0.447 e. The molecule has 0 N–H and O–H groups in total. The van der Waals surface area contributed by atoms with Gasteiger partial charge in [0.1, 0.15) is 12.4 Å². The highest BCUT2D eigenvalue weighted by atomic mass is 16.6. The molecule has 0 spiro atoms. The number of carbonyl (C=O) groups excluding carboxylic acids is 1. The van der Waals surface area contributed by atoms with Gasteiger partial charge in [-0.05, 0) is 49.6 Å². The second-order valence-electron chi connectivity index (χ2n) is 7.68. The van der Waals surface area contributed by atoms with Crippen molar-refractivity contribution in [3.8, 4) is 11.4 Å². The Kier molecular flexibility index (Phi) is 4.58. The van der Waals surface area contributed by atoms with Crippen LogP contribution in [0.4, 0.5) is 16.3 Å². The summed E-state index contributed by atoms with van der Waals surface area (Å²) >= 11 is 0. The van der Waals surface area contributed by atoms with Crippen LogP contribution in [0.25, 0.3) is 11.4 Å². The van der Waals surface area contributed by atoms with E-state index in [1.54, 1.807) is 17.3 Å². The summed E-state index contributed by atoms with van der Waals surface area (Å²) in [6.07, 6.45) is 4.14. The number of hydrogen-bond acceptors (Lipinski definition) is 6. The fraction of sp³-hybridized carbons (Fsp3) is 0.304. The number of ether oxygens (including phenoxy) is 1. The van der Waals surface area contributed by atoms with Gasteiger partial charge in [-0.25, -0.2) is 14.8 Å². The molecule has 5 rings (SSSR count). The molecule has 0 bridgehead atoms. The van der Waals surface area contributed by atoms with Crippen LogP contribution in [0.15, 0.2) is 42.7 Å². The summed E-state index contributed by atoms with van der Waals surface area (Å²) in [6, 6.07) is 10.0. The van der Waals surface area contributed by atoms with Crippen molar-refractivity contribution in [3.63, 3.8) is 0 Å². The van der Waals surface area contributed by atoms with Gasteiger partial charge < -0.3 is 9.64 Å². The Hall–Kier alpha value is -3.48. The fourth-order valence-electron chi connectivity index (χ4n) is 4.18. The van der Waals surface area contributed by atoms with E-state index >= 15 is 0 Å². The SMILES string of the molecule is Cc1nc(-c2cccnc2)nc(N2CCc3c(cccc3N3CCOC3=O)C2)c1C. The van der Waals surface area contributed by atoms with E-state index in [2.05, 4.69) is 27.9 Å². The number of anilines is 2. The van der Waals surface area contributed by atoms with Gasteiger partial charge in [0.05, 0.1) is 12.2 Å². The average molecular weight is 401 g/mol. The number of pyridine rings is 1. The lowest BCUT2D eigenvalue weighted by molar-refractivity contribution is 0.181. The smallest absolute Gasteiger partial charge is 0.414 e. The van der Waals surface area contributed by atoms with Gasteiger partial charge in [0.15, 0.2) is 5.82 Å². The summed E-state index contributed by atoms with van der Waals surface area (Å²) in [5.74, 6) is 1.65. The van der Waals surface area contributed by atoms with Crippen molar-refractivity contribution in [2.75, 3.05) is 29.5 Å². The van der Waals surface area contributed by atoms with E-state index in [-0.39, 0.29) is 6.09 Å². The second kappa shape index (κ2) is 7.40. The minimum atomic E-state index is -0.255. The predicted molar refractivity (Wildman–Crippen MR) is 115 cm³/mol. The van der Waals surface area contributed by atoms with E-state index < -0.39 is 0 Å². The summed E-state index contributed by atoms with van der Waals surface area (Å²) in [5, 5.41) is 0. The zero-order valence-electron chi connectivity index (χ0n) is 17.1. The van der Waals surface area contributed by atoms with Crippen molar-refractivity contribution in [3.05, 3.63) is 65.1 Å². The number of fused-ring (bicyclic) bond motifs is 1. The van der Waals surface area contributed by atoms with Gasteiger partial charge in [-0.15, -0.1) is 0 Å². The molecule has 1 aromatic carbocycles. The van der Waals surface area contributed by atoms with E-state index in [9.17, 15) is 4.79 Å². The Morgan fingerprint density at radius 2 is 1.97 bits per heavy atom. The maximum Gasteiger partial charge on any atom is 0.414 e. The molecule has 1 amide bonds. The number of hydrogen-bond donors (Lipinski definition) is 0. The van der Waals surface area contributed by atoms with Crippen molar-refractivity contribution in [1.29, 1.82) is 0 Å². The van der Waals surface area contributed by atoms with Gasteiger partial charge in [0, 0.05) is 42.3 Å². The highest BCUT2D eigenvalue weighted by Gasteiger charge is 2.29. The van der Waals surface area contributed by atoms with Crippen LogP contribution < -0.4 is 9.80 Å². The molecule has 0 atom stereocenters. The molecule has 0 saturated carbocycles. The maximum absolute atomic E-state index is 12.1. The van der Waals surface area contributed by atoms with Gasteiger partial charge in [-0.2, -0.15) is 0 Å². The van der Waals surface area contributed by atoms with Gasteiger partial charge in [0.2, 0.25) is 0 Å². The molecular weight excluding hydrogens is 378 g/mol. The molecule has 0 unspecified atom stereocenters. The Balaban J connectivity index is 1.50. The third-order valence-corrected chi connectivity index (χ3v) is 5.88. The van der Waals surface area contributed by atoms with Crippen LogP contribution in [0.3, 0.4) is 0 Å². The van der Waals surface area contributed by atoms with Crippen LogP contribution in [0.2, 0.25) is 0 Å². The third-order valence-electron chi connectivity index (χ3n) is 5.88. The monoisotopic (exact) mass is 401 g/mol. The average Bonchev–Trinajstić information content (AvgIpc) is 3.21. The Morgan fingerprint density at radius 3 is 2.73 bits per heavy atom. The van der Waals surface area contributed by atoms with Crippen molar-refractivity contribution in [1.82, 2.24) is 15.0 Å². The molecule has 0 radical (unpaired) electrons. The Labute approximate surface area is 175 Å². The number of nitrogens with zero attached hydrogens (tertiary/aromatic N) is 5. The van der Waals surface area contributed by atoms with Gasteiger partial charge in [0.25, 0.3) is 0 Å². The number of aryl methyl sites for hydroxylation is 1. The van der Waals surface area contributed by atoms with Gasteiger partial charge in [-0.1, -0.05) is 12.1 Å². The molecule has 2 aliphatic rings. The van der Waals surface area contributed by atoms with Crippen molar-refractivity contribution >= 4 is 17.6 Å². The lowest BCUT2D eigenvalue weighted by atomic mass is 9.96. The molecule has 1 saturated heterocycles. The van der Waals surface area contributed by atoms with E-state index in [1.165, 1.54) is 11.1 Å². The number of carbonyl (C=O) groups is 1. The van der Waals surface area contributed by atoms with E-state index in [0.717, 1.165) is 47.8 Å². The maximum atomic E-state index is 12.1. The van der Waals surface area contributed by atoms with Crippen LogP contribution in [0.5, 0.6) is 0 Å². The highest BCUT2D eigenvalue weighted by molar-refractivity contribution is 5.90. The first kappa shape index (κ1) is 18.5. The van der Waals surface area contributed by atoms with E-state index in [1.807, 2.05) is 31.2 Å². The molecule has 7 heteroatoms. The molecular formula is C23H23N5O2. The molecule has 30 heavy (non-hydrogen) atoms. The summed E-state index contributed by atoms with van der Waals surface area (Å²) in [7, 11) is 0. The topological polar surface area (TPSA) is 71.5 Å². The Bertz CT molecular complexity index is 1120. The normalized spacial score (nSPS) is 15.9. The minimum absolute atomic E-state index is 0.255. The number of amides is 1. The van der Waals surface area contributed by atoms with Gasteiger partial charge in [-0.3, -0.25) is 9.88 Å². The van der Waals surface area contributed by atoms with E-state index in [0.29, 0.717) is 19.0 Å². The third kappa shape index (κ3) is 3.16. The summed E-state index contributed by atoms with van der Waals surface area (Å²) in [6.45, 7) is 6.73. The Morgan fingerprint density at radius 1 is 1.07 bits per heavy atom. The zero-order valence-corrected chi connectivity index (χ0v) is 17.1. The van der Waals surface area contributed by atoms with Crippen LogP contribution >= 0.6 is 0 Å². The number of cyclic esters (lactones) is 1. The van der Waals surface area contributed by atoms with Crippen LogP contribution in [-0.2, 0) is 17.7 Å². The van der Waals surface area contributed by atoms with Crippen LogP contribution in [-0.4, -0.2) is 40.7 Å². The predicted octanol–water partition coefficient (Wildman–Crippen LogP) is 3.67. The first-order valence-electron chi connectivity index (χ1n) is 10.2. The van der Waals surface area contributed by atoms with Crippen molar-refractivity contribution in [2.45, 2.75) is 26.8 Å². The molecule has 7 nitrogen and oxygen atoms in total. The molecule has 2 aliphatic heterocycles. The quantitative estimate of drug-likeness (QED) is 0.667. The lowest BCUT2D eigenvalue weighted by Gasteiger charge is -2.33. The number of rotatable bonds is 3. The van der Waals surface area contributed by atoms with Crippen LogP contribution in [0, 0.1) is 13.8 Å².